The highest BCUT2D eigenvalue weighted by Gasteiger charge is 2.21. The van der Waals surface area contributed by atoms with Gasteiger partial charge in [0.25, 0.3) is 0 Å². The van der Waals surface area contributed by atoms with Gasteiger partial charge in [-0.15, -0.1) is 10.2 Å². The summed E-state index contributed by atoms with van der Waals surface area (Å²) in [4.78, 5) is 14.5. The lowest BCUT2D eigenvalue weighted by atomic mass is 10.2. The number of alkyl halides is 2. The van der Waals surface area contributed by atoms with Crippen LogP contribution in [-0.2, 0) is 4.79 Å². The maximum absolute atomic E-state index is 12.8. The van der Waals surface area contributed by atoms with E-state index in [4.69, 9.17) is 5.84 Å². The lowest BCUT2D eigenvalue weighted by Crippen LogP contribution is -2.38. The highest BCUT2D eigenvalue weighted by atomic mass is 32.2. The number of thioether (sulfide) groups is 1. The average molecular weight is 433 g/mol. The van der Waals surface area contributed by atoms with Gasteiger partial charge in [-0.2, -0.15) is 8.78 Å². The standard InChI is InChI=1S/C20H21F2N5O2S/c1-13(2)26(15-6-4-3-5-7-15)17(28)12-30-20-25-24-18(27(20)23)14-8-10-16(11-9-14)29-19(21)22/h3-11,13,19H,12,23H2,1-2H3. The summed E-state index contributed by atoms with van der Waals surface area (Å²) in [7, 11) is 0. The van der Waals surface area contributed by atoms with Crippen LogP contribution < -0.4 is 15.5 Å². The Morgan fingerprint density at radius 3 is 2.40 bits per heavy atom. The summed E-state index contributed by atoms with van der Waals surface area (Å²) in [6.07, 6.45) is 0. The molecule has 2 aromatic carbocycles. The van der Waals surface area contributed by atoms with Gasteiger partial charge in [-0.3, -0.25) is 4.79 Å². The Morgan fingerprint density at radius 1 is 1.13 bits per heavy atom. The van der Waals surface area contributed by atoms with Crippen molar-refractivity contribution in [2.24, 2.45) is 0 Å². The molecule has 1 heterocycles. The van der Waals surface area contributed by atoms with Crippen LogP contribution in [0.5, 0.6) is 5.75 Å². The minimum atomic E-state index is -2.89. The molecule has 0 saturated carbocycles. The van der Waals surface area contributed by atoms with Gasteiger partial charge in [0.15, 0.2) is 5.82 Å². The third kappa shape index (κ3) is 5.07. The van der Waals surface area contributed by atoms with Gasteiger partial charge in [-0.25, -0.2) is 4.68 Å². The number of ether oxygens (including phenoxy) is 1. The Balaban J connectivity index is 1.69. The first-order chi connectivity index (χ1) is 14.4. The largest absolute Gasteiger partial charge is 0.435 e. The third-order valence-corrected chi connectivity index (χ3v) is 5.07. The van der Waals surface area contributed by atoms with Crippen molar-refractivity contribution in [3.8, 4) is 17.1 Å². The van der Waals surface area contributed by atoms with Crippen molar-refractivity contribution in [3.63, 3.8) is 0 Å². The van der Waals surface area contributed by atoms with E-state index >= 15 is 0 Å². The number of aromatic nitrogens is 3. The van der Waals surface area contributed by atoms with Crippen molar-refractivity contribution >= 4 is 23.4 Å². The number of carbonyl (C=O) groups excluding carboxylic acids is 1. The van der Waals surface area contributed by atoms with Gasteiger partial charge < -0.3 is 15.5 Å². The summed E-state index contributed by atoms with van der Waals surface area (Å²) in [6.45, 7) is 0.997. The number of halogens is 2. The molecule has 3 rings (SSSR count). The Bertz CT molecular complexity index is 981. The zero-order chi connectivity index (χ0) is 21.7. The predicted octanol–water partition coefficient (Wildman–Crippen LogP) is 3.79. The second kappa shape index (κ2) is 9.57. The molecule has 0 fully saturated rings. The van der Waals surface area contributed by atoms with E-state index in [0.717, 1.165) is 5.69 Å². The summed E-state index contributed by atoms with van der Waals surface area (Å²) in [6, 6.07) is 15.3. The number of nitrogens with zero attached hydrogens (tertiary/aromatic N) is 4. The van der Waals surface area contributed by atoms with Crippen molar-refractivity contribution in [2.45, 2.75) is 31.7 Å². The van der Waals surface area contributed by atoms with E-state index in [1.807, 2.05) is 44.2 Å². The first-order valence-electron chi connectivity index (χ1n) is 9.12. The first-order valence-corrected chi connectivity index (χ1v) is 10.1. The number of carbonyl (C=O) groups is 1. The lowest BCUT2D eigenvalue weighted by Gasteiger charge is -2.26. The molecule has 0 saturated heterocycles. The molecule has 0 aliphatic rings. The summed E-state index contributed by atoms with van der Waals surface area (Å²) < 4.78 is 30.1. The molecule has 1 aromatic heterocycles. The van der Waals surface area contributed by atoms with Gasteiger partial charge in [0.2, 0.25) is 11.1 Å². The van der Waals surface area contributed by atoms with Crippen molar-refractivity contribution in [3.05, 3.63) is 54.6 Å². The number of amides is 1. The number of rotatable bonds is 8. The van der Waals surface area contributed by atoms with E-state index in [-0.39, 0.29) is 23.5 Å². The molecular weight excluding hydrogens is 412 g/mol. The van der Waals surface area contributed by atoms with Crippen molar-refractivity contribution in [1.29, 1.82) is 0 Å². The van der Waals surface area contributed by atoms with Crippen LogP contribution >= 0.6 is 11.8 Å². The quantitative estimate of drug-likeness (QED) is 0.430. The minimum Gasteiger partial charge on any atom is -0.435 e. The second-order valence-electron chi connectivity index (χ2n) is 6.56. The van der Waals surface area contributed by atoms with E-state index in [1.54, 1.807) is 17.0 Å². The van der Waals surface area contributed by atoms with E-state index < -0.39 is 6.61 Å². The maximum Gasteiger partial charge on any atom is 0.387 e. The molecule has 30 heavy (non-hydrogen) atoms. The highest BCUT2D eigenvalue weighted by molar-refractivity contribution is 7.99. The van der Waals surface area contributed by atoms with Gasteiger partial charge >= 0.3 is 6.61 Å². The fourth-order valence-electron chi connectivity index (χ4n) is 2.87. The predicted molar refractivity (Wildman–Crippen MR) is 112 cm³/mol. The van der Waals surface area contributed by atoms with Crippen LogP contribution in [0.4, 0.5) is 14.5 Å². The minimum absolute atomic E-state index is 0.0132. The SMILES string of the molecule is CC(C)N(C(=O)CSc1nnc(-c2ccc(OC(F)F)cc2)n1N)c1ccccc1. The molecule has 3 aromatic rings. The van der Waals surface area contributed by atoms with E-state index in [9.17, 15) is 13.6 Å². The normalized spacial score (nSPS) is 11.1. The van der Waals surface area contributed by atoms with Gasteiger partial charge in [0.05, 0.1) is 5.75 Å². The van der Waals surface area contributed by atoms with E-state index in [0.29, 0.717) is 16.5 Å². The summed E-state index contributed by atoms with van der Waals surface area (Å²) in [5.41, 5.74) is 1.40. The Kier molecular flexibility index (Phi) is 6.88. The molecule has 0 aliphatic carbocycles. The van der Waals surface area contributed by atoms with Gasteiger partial charge in [-0.05, 0) is 50.2 Å². The fraction of sp³-hybridized carbons (Fsp3) is 0.250. The summed E-state index contributed by atoms with van der Waals surface area (Å²) in [5.74, 6) is 6.51. The molecule has 0 radical (unpaired) electrons. The molecule has 0 spiro atoms. The zero-order valence-electron chi connectivity index (χ0n) is 16.4. The fourth-order valence-corrected chi connectivity index (χ4v) is 3.59. The van der Waals surface area contributed by atoms with Crippen LogP contribution in [0.2, 0.25) is 0 Å². The Hall–Kier alpha value is -3.14. The van der Waals surface area contributed by atoms with E-state index in [2.05, 4.69) is 14.9 Å². The molecule has 1 amide bonds. The smallest absolute Gasteiger partial charge is 0.387 e. The van der Waals surface area contributed by atoms with Crippen molar-refractivity contribution in [2.75, 3.05) is 16.5 Å². The van der Waals surface area contributed by atoms with Crippen LogP contribution in [0.15, 0.2) is 59.8 Å². The van der Waals surface area contributed by atoms with Crippen LogP contribution in [0, 0.1) is 0 Å². The van der Waals surface area contributed by atoms with Crippen LogP contribution in [0.3, 0.4) is 0 Å². The number of nitrogen functional groups attached to an aromatic ring is 1. The second-order valence-corrected chi connectivity index (χ2v) is 7.50. The number of hydrogen-bond acceptors (Lipinski definition) is 6. The maximum atomic E-state index is 12.8. The van der Waals surface area contributed by atoms with Crippen molar-refractivity contribution < 1.29 is 18.3 Å². The molecular formula is C20H21F2N5O2S. The molecule has 2 N–H and O–H groups in total. The van der Waals surface area contributed by atoms with Crippen molar-refractivity contribution in [1.82, 2.24) is 14.9 Å². The highest BCUT2D eigenvalue weighted by Crippen LogP contribution is 2.25. The monoisotopic (exact) mass is 433 g/mol. The van der Waals surface area contributed by atoms with Gasteiger partial charge in [0.1, 0.15) is 5.75 Å². The van der Waals surface area contributed by atoms with Crippen LogP contribution in [0.1, 0.15) is 13.8 Å². The zero-order valence-corrected chi connectivity index (χ0v) is 17.2. The summed E-state index contributed by atoms with van der Waals surface area (Å²) in [5, 5.41) is 8.45. The lowest BCUT2D eigenvalue weighted by molar-refractivity contribution is -0.116. The average Bonchev–Trinajstić information content (AvgIpc) is 3.07. The van der Waals surface area contributed by atoms with E-state index in [1.165, 1.54) is 28.6 Å². The molecule has 0 bridgehead atoms. The molecule has 10 heteroatoms. The number of nitrogens with two attached hydrogens (primary N) is 1. The Labute approximate surface area is 176 Å². The molecule has 158 valence electrons. The number of hydrogen-bond donors (Lipinski definition) is 1. The number of anilines is 1. The number of para-hydroxylation sites is 1. The van der Waals surface area contributed by atoms with Gasteiger partial charge in [-0.1, -0.05) is 30.0 Å². The third-order valence-electron chi connectivity index (χ3n) is 4.15. The molecule has 0 aliphatic heterocycles. The molecule has 0 unspecified atom stereocenters. The van der Waals surface area contributed by atoms with Gasteiger partial charge in [0, 0.05) is 17.3 Å². The number of benzene rings is 2. The van der Waals surface area contributed by atoms with Crippen LogP contribution in [-0.4, -0.2) is 39.2 Å². The molecule has 7 nitrogen and oxygen atoms in total. The topological polar surface area (TPSA) is 86.3 Å². The Morgan fingerprint density at radius 2 is 1.80 bits per heavy atom. The molecule has 0 atom stereocenters. The first kappa shape index (κ1) is 21.6. The summed E-state index contributed by atoms with van der Waals surface area (Å²) >= 11 is 1.17. The van der Waals surface area contributed by atoms with Crippen LogP contribution in [0.25, 0.3) is 11.4 Å².